The van der Waals surface area contributed by atoms with Gasteiger partial charge in [0.05, 0.1) is 12.8 Å². The first-order valence-electron chi connectivity index (χ1n) is 7.57. The molecule has 3 aromatic heterocycles. The van der Waals surface area contributed by atoms with Crippen LogP contribution in [0.3, 0.4) is 0 Å². The van der Waals surface area contributed by atoms with Gasteiger partial charge in [-0.1, -0.05) is 17.7 Å². The van der Waals surface area contributed by atoms with Gasteiger partial charge >= 0.3 is 5.97 Å². The Morgan fingerprint density at radius 3 is 2.73 bits per heavy atom. The number of esters is 1. The fourth-order valence-electron chi connectivity index (χ4n) is 2.28. The summed E-state index contributed by atoms with van der Waals surface area (Å²) >= 11 is 6.43. The van der Waals surface area contributed by atoms with Crippen molar-refractivity contribution in [3.05, 3.63) is 53.7 Å². The van der Waals surface area contributed by atoms with Gasteiger partial charge in [0.25, 0.3) is 5.88 Å². The van der Waals surface area contributed by atoms with Crippen LogP contribution < -0.4 is 4.74 Å². The largest absolute Gasteiger partial charge is 0.466 e. The van der Waals surface area contributed by atoms with Crippen LogP contribution in [0, 0.1) is 5.95 Å². The van der Waals surface area contributed by atoms with Gasteiger partial charge in [-0.2, -0.15) is 4.39 Å². The lowest BCUT2D eigenvalue weighted by Crippen LogP contribution is -2.25. The first-order chi connectivity index (χ1) is 12.5. The molecule has 0 radical (unpaired) electrons. The van der Waals surface area contributed by atoms with E-state index in [0.717, 1.165) is 0 Å². The minimum atomic E-state index is -0.924. The summed E-state index contributed by atoms with van der Waals surface area (Å²) in [5.41, 5.74) is 0.792. The molecule has 9 heteroatoms. The Morgan fingerprint density at radius 1 is 1.27 bits per heavy atom. The maximum atomic E-state index is 13.6. The first-order valence-corrected chi connectivity index (χ1v) is 7.95. The lowest BCUT2D eigenvalue weighted by Gasteiger charge is -2.09. The number of halogens is 2. The number of ether oxygens (including phenoxy) is 2. The van der Waals surface area contributed by atoms with Crippen LogP contribution in [-0.2, 0) is 9.53 Å². The molecule has 0 aliphatic carbocycles. The standard InChI is InChI=1S/C17H14ClFN4O3/c1-10(17(24)25-2)26-16-14(18)15(11-6-8-20-12(19)9-11)23(22-16)13-5-3-4-7-21-13/h3-10H,1-2H3/t10-/m1/s1. The highest BCUT2D eigenvalue weighted by Crippen LogP contribution is 2.37. The quantitative estimate of drug-likeness (QED) is 0.503. The summed E-state index contributed by atoms with van der Waals surface area (Å²) in [6, 6.07) is 8.02. The Morgan fingerprint density at radius 2 is 2.08 bits per heavy atom. The fraction of sp³-hybridized carbons (Fsp3) is 0.176. The molecule has 0 bridgehead atoms. The zero-order chi connectivity index (χ0) is 18.7. The highest BCUT2D eigenvalue weighted by atomic mass is 35.5. The molecule has 3 aromatic rings. The highest BCUT2D eigenvalue weighted by Gasteiger charge is 2.25. The number of hydrogen-bond donors (Lipinski definition) is 0. The fourth-order valence-corrected chi connectivity index (χ4v) is 2.55. The second kappa shape index (κ2) is 7.49. The Labute approximate surface area is 153 Å². The zero-order valence-corrected chi connectivity index (χ0v) is 14.6. The van der Waals surface area contributed by atoms with E-state index < -0.39 is 18.0 Å². The van der Waals surface area contributed by atoms with Crippen LogP contribution in [-0.4, -0.2) is 38.9 Å². The van der Waals surface area contributed by atoms with Crippen molar-refractivity contribution >= 4 is 17.6 Å². The Bertz CT molecular complexity index is 933. The van der Waals surface area contributed by atoms with Crippen LogP contribution >= 0.6 is 11.6 Å². The van der Waals surface area contributed by atoms with Crippen LogP contribution in [0.15, 0.2) is 42.7 Å². The minimum absolute atomic E-state index is 0.00226. The monoisotopic (exact) mass is 376 g/mol. The van der Waals surface area contributed by atoms with Crippen molar-refractivity contribution in [2.24, 2.45) is 0 Å². The SMILES string of the molecule is COC(=O)[C@@H](C)Oc1nn(-c2ccccn2)c(-c2ccnc(F)c2)c1Cl. The molecule has 0 aliphatic rings. The maximum Gasteiger partial charge on any atom is 0.346 e. The summed E-state index contributed by atoms with van der Waals surface area (Å²) in [4.78, 5) is 19.4. The van der Waals surface area contributed by atoms with Crippen LogP contribution in [0.25, 0.3) is 17.1 Å². The molecule has 26 heavy (non-hydrogen) atoms. The van der Waals surface area contributed by atoms with Gasteiger partial charge in [0.15, 0.2) is 11.9 Å². The maximum absolute atomic E-state index is 13.6. The summed E-state index contributed by atoms with van der Waals surface area (Å²) in [5.74, 6) is -0.799. The molecule has 134 valence electrons. The molecule has 0 amide bonds. The van der Waals surface area contributed by atoms with Crippen LogP contribution in [0.1, 0.15) is 6.92 Å². The highest BCUT2D eigenvalue weighted by molar-refractivity contribution is 6.34. The third kappa shape index (κ3) is 3.50. The predicted octanol–water partition coefficient (Wildman–Crippen LogP) is 3.06. The van der Waals surface area contributed by atoms with E-state index in [0.29, 0.717) is 17.1 Å². The number of carbonyl (C=O) groups is 1. The third-order valence-corrected chi connectivity index (χ3v) is 3.83. The predicted molar refractivity (Wildman–Crippen MR) is 91.7 cm³/mol. The first kappa shape index (κ1) is 17.8. The summed E-state index contributed by atoms with van der Waals surface area (Å²) in [5, 5.41) is 4.40. The Balaban J connectivity index is 2.13. The Hall–Kier alpha value is -3.00. The second-order valence-corrected chi connectivity index (χ2v) is 5.60. The molecule has 0 saturated carbocycles. The number of nitrogens with zero attached hydrogens (tertiary/aromatic N) is 4. The molecule has 3 heterocycles. The zero-order valence-electron chi connectivity index (χ0n) is 13.9. The van der Waals surface area contributed by atoms with Gasteiger partial charge < -0.3 is 9.47 Å². The molecule has 0 N–H and O–H groups in total. The molecule has 0 spiro atoms. The van der Waals surface area contributed by atoms with Gasteiger partial charge in [-0.05, 0) is 25.1 Å². The number of carbonyl (C=O) groups excluding carboxylic acids is 1. The van der Waals surface area contributed by atoms with Gasteiger partial charge in [0.2, 0.25) is 5.95 Å². The van der Waals surface area contributed by atoms with E-state index in [9.17, 15) is 9.18 Å². The third-order valence-electron chi connectivity index (χ3n) is 3.49. The molecule has 0 aromatic carbocycles. The van der Waals surface area contributed by atoms with E-state index in [1.807, 2.05) is 0 Å². The average molecular weight is 377 g/mol. The van der Waals surface area contributed by atoms with Crippen molar-refractivity contribution < 1.29 is 18.7 Å². The van der Waals surface area contributed by atoms with E-state index >= 15 is 0 Å². The summed E-state index contributed by atoms with van der Waals surface area (Å²) in [6.45, 7) is 1.51. The van der Waals surface area contributed by atoms with E-state index in [1.165, 1.54) is 31.0 Å². The summed E-state index contributed by atoms with van der Waals surface area (Å²) < 4.78 is 25.2. The second-order valence-electron chi connectivity index (χ2n) is 5.22. The smallest absolute Gasteiger partial charge is 0.346 e. The van der Waals surface area contributed by atoms with Gasteiger partial charge in [-0.3, -0.25) is 0 Å². The van der Waals surface area contributed by atoms with Crippen molar-refractivity contribution in [2.75, 3.05) is 7.11 Å². The summed E-state index contributed by atoms with van der Waals surface area (Å²) in [7, 11) is 1.25. The Kier molecular flexibility index (Phi) is 5.13. The molecular formula is C17H14ClFN4O3. The van der Waals surface area contributed by atoms with Crippen molar-refractivity contribution in [2.45, 2.75) is 13.0 Å². The van der Waals surface area contributed by atoms with Crippen LogP contribution in [0.4, 0.5) is 4.39 Å². The molecule has 1 atom stereocenters. The van der Waals surface area contributed by atoms with E-state index in [-0.39, 0.29) is 10.9 Å². The normalized spacial score (nSPS) is 11.8. The molecule has 3 rings (SSSR count). The minimum Gasteiger partial charge on any atom is -0.466 e. The number of methoxy groups -OCH3 is 1. The lowest BCUT2D eigenvalue weighted by atomic mass is 10.2. The van der Waals surface area contributed by atoms with E-state index in [2.05, 4.69) is 19.8 Å². The van der Waals surface area contributed by atoms with Gasteiger partial charge in [0, 0.05) is 24.0 Å². The van der Waals surface area contributed by atoms with Crippen molar-refractivity contribution in [1.82, 2.24) is 19.7 Å². The topological polar surface area (TPSA) is 79.1 Å². The van der Waals surface area contributed by atoms with Crippen molar-refractivity contribution in [1.29, 1.82) is 0 Å². The van der Waals surface area contributed by atoms with Crippen LogP contribution in [0.2, 0.25) is 5.02 Å². The van der Waals surface area contributed by atoms with E-state index in [1.54, 1.807) is 30.5 Å². The molecule has 0 fully saturated rings. The van der Waals surface area contributed by atoms with Crippen molar-refractivity contribution in [3.63, 3.8) is 0 Å². The average Bonchev–Trinajstić information content (AvgIpc) is 2.98. The molecule has 7 nitrogen and oxygen atoms in total. The van der Waals surface area contributed by atoms with Gasteiger partial charge in [0.1, 0.15) is 5.02 Å². The summed E-state index contributed by atoms with van der Waals surface area (Å²) in [6.07, 6.45) is 1.97. The number of hydrogen-bond acceptors (Lipinski definition) is 6. The molecular weight excluding hydrogens is 363 g/mol. The van der Waals surface area contributed by atoms with E-state index in [4.69, 9.17) is 16.3 Å². The van der Waals surface area contributed by atoms with Gasteiger partial charge in [-0.15, -0.1) is 5.10 Å². The number of aromatic nitrogens is 4. The lowest BCUT2D eigenvalue weighted by molar-refractivity contribution is -0.148. The van der Waals surface area contributed by atoms with Crippen molar-refractivity contribution in [3.8, 4) is 23.0 Å². The number of pyridine rings is 2. The van der Waals surface area contributed by atoms with Crippen LogP contribution in [0.5, 0.6) is 5.88 Å². The molecule has 0 aliphatic heterocycles. The molecule has 0 unspecified atom stereocenters. The molecule has 0 saturated heterocycles. The number of rotatable bonds is 5. The van der Waals surface area contributed by atoms with Gasteiger partial charge in [-0.25, -0.2) is 19.4 Å².